The molecule has 8 heteroatoms. The fraction of sp³-hybridized carbons (Fsp3) is 0.500. The molecule has 2 aromatic rings. The zero-order chi connectivity index (χ0) is 21.9. The lowest BCUT2D eigenvalue weighted by Gasteiger charge is -2.32. The lowest BCUT2D eigenvalue weighted by Crippen LogP contribution is -2.48. The maximum atomic E-state index is 12.4. The van der Waals surface area contributed by atoms with Gasteiger partial charge in [0.2, 0.25) is 0 Å². The van der Waals surface area contributed by atoms with Gasteiger partial charge < -0.3 is 20.2 Å². The van der Waals surface area contributed by atoms with E-state index in [1.807, 2.05) is 42.3 Å². The molecule has 30 heavy (non-hydrogen) atoms. The Labute approximate surface area is 181 Å². The average Bonchev–Trinajstić information content (AvgIpc) is 3.19. The van der Waals surface area contributed by atoms with E-state index >= 15 is 0 Å². The number of hydrogen-bond donors (Lipinski definition) is 2. The predicted octanol–water partition coefficient (Wildman–Crippen LogP) is 4.19. The van der Waals surface area contributed by atoms with Crippen LogP contribution < -0.4 is 5.32 Å². The summed E-state index contributed by atoms with van der Waals surface area (Å²) in [5, 5.41) is 13.3. The number of nitrogens with zero attached hydrogens (tertiary/aromatic N) is 3. The molecule has 1 aliphatic heterocycles. The van der Waals surface area contributed by atoms with Gasteiger partial charge in [-0.15, -0.1) is 11.3 Å². The highest BCUT2D eigenvalue weighted by molar-refractivity contribution is 7.15. The third-order valence-corrected chi connectivity index (χ3v) is 6.83. The number of urea groups is 1. The first-order valence-electron chi connectivity index (χ1n) is 10.2. The zero-order valence-electron chi connectivity index (χ0n) is 18.0. The van der Waals surface area contributed by atoms with Crippen molar-refractivity contribution in [3.8, 4) is 10.4 Å². The summed E-state index contributed by atoms with van der Waals surface area (Å²) in [6.07, 6.45) is 2.37. The van der Waals surface area contributed by atoms with E-state index in [-0.39, 0.29) is 11.9 Å². The highest BCUT2D eigenvalue weighted by atomic mass is 32.1. The molecule has 1 fully saturated rings. The van der Waals surface area contributed by atoms with Crippen molar-refractivity contribution in [2.75, 3.05) is 38.5 Å². The van der Waals surface area contributed by atoms with Crippen LogP contribution in [0.4, 0.5) is 10.5 Å². The molecule has 2 amide bonds. The summed E-state index contributed by atoms with van der Waals surface area (Å²) in [7, 11) is 2.06. The standard InChI is InChI=1S/C22H30N4O3S/c1-15(13-22(2,3)20(27)28)19-23-14-18(30-19)16-5-7-17(8-6-16)24-21(29)26-11-9-25(4)10-12-26/h5-8,14-15H,9-13H2,1-4H3,(H,24,29)(H,27,28). The largest absolute Gasteiger partial charge is 0.481 e. The number of benzene rings is 1. The molecule has 0 bridgehead atoms. The van der Waals surface area contributed by atoms with Crippen molar-refractivity contribution < 1.29 is 14.7 Å². The summed E-state index contributed by atoms with van der Waals surface area (Å²) >= 11 is 1.58. The highest BCUT2D eigenvalue weighted by Gasteiger charge is 2.30. The lowest BCUT2D eigenvalue weighted by atomic mass is 9.84. The Balaban J connectivity index is 1.61. The van der Waals surface area contributed by atoms with Crippen molar-refractivity contribution in [1.82, 2.24) is 14.8 Å². The van der Waals surface area contributed by atoms with Crippen LogP contribution in [0.15, 0.2) is 30.5 Å². The van der Waals surface area contributed by atoms with E-state index in [2.05, 4.69) is 22.2 Å². The summed E-state index contributed by atoms with van der Waals surface area (Å²) in [6.45, 7) is 8.77. The first-order chi connectivity index (χ1) is 14.2. The molecule has 0 spiro atoms. The normalized spacial score (nSPS) is 16.3. The van der Waals surface area contributed by atoms with Crippen molar-refractivity contribution in [3.05, 3.63) is 35.5 Å². The molecule has 1 aromatic carbocycles. The van der Waals surface area contributed by atoms with Crippen LogP contribution in [0.2, 0.25) is 0 Å². The molecule has 0 aliphatic carbocycles. The Morgan fingerprint density at radius 1 is 1.20 bits per heavy atom. The van der Waals surface area contributed by atoms with Crippen LogP contribution in [-0.4, -0.2) is 65.1 Å². The maximum absolute atomic E-state index is 12.4. The van der Waals surface area contributed by atoms with Crippen molar-refractivity contribution >= 4 is 29.0 Å². The van der Waals surface area contributed by atoms with E-state index in [9.17, 15) is 14.7 Å². The molecule has 2 N–H and O–H groups in total. The molecule has 2 heterocycles. The average molecular weight is 431 g/mol. The number of carboxylic acids is 1. The van der Waals surface area contributed by atoms with Crippen LogP contribution in [0.1, 0.15) is 38.1 Å². The third kappa shape index (κ3) is 5.37. The van der Waals surface area contributed by atoms with Crippen LogP contribution in [0.25, 0.3) is 10.4 Å². The zero-order valence-corrected chi connectivity index (χ0v) is 18.8. The molecule has 162 valence electrons. The number of carbonyl (C=O) groups is 2. The number of carbonyl (C=O) groups excluding carboxylic acids is 1. The van der Waals surface area contributed by atoms with Crippen molar-refractivity contribution in [3.63, 3.8) is 0 Å². The monoisotopic (exact) mass is 430 g/mol. The molecule has 3 rings (SSSR count). The molecule has 1 aliphatic rings. The SMILES string of the molecule is CC(CC(C)(C)C(=O)O)c1ncc(-c2ccc(NC(=O)N3CCN(C)CC3)cc2)s1. The lowest BCUT2D eigenvalue weighted by molar-refractivity contribution is -0.147. The number of nitrogens with one attached hydrogen (secondary N) is 1. The van der Waals surface area contributed by atoms with Crippen molar-refractivity contribution in [2.45, 2.75) is 33.1 Å². The van der Waals surface area contributed by atoms with Gasteiger partial charge in [0.25, 0.3) is 0 Å². The second kappa shape index (κ2) is 9.14. The number of likely N-dealkylation sites (N-methyl/N-ethyl adjacent to an activating group) is 1. The second-order valence-electron chi connectivity index (χ2n) is 8.65. The minimum absolute atomic E-state index is 0.0641. The van der Waals surface area contributed by atoms with E-state index in [4.69, 9.17) is 0 Å². The number of aromatic nitrogens is 1. The Hall–Kier alpha value is -2.45. The van der Waals surface area contributed by atoms with Crippen LogP contribution in [0.3, 0.4) is 0 Å². The number of piperazine rings is 1. The van der Waals surface area contributed by atoms with Gasteiger partial charge in [-0.2, -0.15) is 0 Å². The second-order valence-corrected chi connectivity index (χ2v) is 9.72. The van der Waals surface area contributed by atoms with E-state index in [1.54, 1.807) is 25.2 Å². The van der Waals surface area contributed by atoms with Gasteiger partial charge in [-0.25, -0.2) is 9.78 Å². The number of anilines is 1. The van der Waals surface area contributed by atoms with E-state index < -0.39 is 11.4 Å². The van der Waals surface area contributed by atoms with E-state index in [0.29, 0.717) is 6.42 Å². The quantitative estimate of drug-likeness (QED) is 0.718. The first kappa shape index (κ1) is 22.2. The van der Waals surface area contributed by atoms with E-state index in [1.165, 1.54) is 0 Å². The van der Waals surface area contributed by atoms with E-state index in [0.717, 1.165) is 47.3 Å². The van der Waals surface area contributed by atoms with Gasteiger partial charge in [0, 0.05) is 44.0 Å². The van der Waals surface area contributed by atoms with Crippen LogP contribution in [-0.2, 0) is 4.79 Å². The van der Waals surface area contributed by atoms with Gasteiger partial charge >= 0.3 is 12.0 Å². The number of rotatable bonds is 6. The Kier molecular flexibility index (Phi) is 6.77. The highest BCUT2D eigenvalue weighted by Crippen LogP contribution is 2.36. The first-order valence-corrected chi connectivity index (χ1v) is 11.0. The molecule has 0 radical (unpaired) electrons. The Morgan fingerprint density at radius 2 is 1.83 bits per heavy atom. The van der Waals surface area contributed by atoms with Crippen molar-refractivity contribution in [2.24, 2.45) is 5.41 Å². The third-order valence-electron chi connectivity index (χ3n) is 5.55. The molecular formula is C22H30N4O3S. The minimum atomic E-state index is -0.791. The molecule has 1 aromatic heterocycles. The van der Waals surface area contributed by atoms with Crippen molar-refractivity contribution in [1.29, 1.82) is 0 Å². The fourth-order valence-corrected chi connectivity index (χ4v) is 4.49. The van der Waals surface area contributed by atoms with Crippen LogP contribution in [0, 0.1) is 5.41 Å². The minimum Gasteiger partial charge on any atom is -0.481 e. The molecule has 1 atom stereocenters. The smallest absolute Gasteiger partial charge is 0.321 e. The fourth-order valence-electron chi connectivity index (χ4n) is 3.52. The molecule has 1 saturated heterocycles. The molecule has 0 saturated carbocycles. The van der Waals surface area contributed by atoms with Gasteiger partial charge in [-0.3, -0.25) is 4.79 Å². The van der Waals surface area contributed by atoms with Gasteiger partial charge in [-0.05, 0) is 45.0 Å². The summed E-state index contributed by atoms with van der Waals surface area (Å²) in [5.41, 5.74) is 1.01. The van der Waals surface area contributed by atoms with Gasteiger partial charge in [0.05, 0.1) is 15.3 Å². The van der Waals surface area contributed by atoms with Crippen LogP contribution >= 0.6 is 11.3 Å². The predicted molar refractivity (Wildman–Crippen MR) is 120 cm³/mol. The number of amides is 2. The number of hydrogen-bond acceptors (Lipinski definition) is 5. The van der Waals surface area contributed by atoms with Gasteiger partial charge in [0.15, 0.2) is 0 Å². The maximum Gasteiger partial charge on any atom is 0.321 e. The Morgan fingerprint density at radius 3 is 2.43 bits per heavy atom. The Bertz CT molecular complexity index is 886. The van der Waals surface area contributed by atoms with Gasteiger partial charge in [0.1, 0.15) is 0 Å². The number of aliphatic carboxylic acids is 1. The molecule has 1 unspecified atom stereocenters. The summed E-state index contributed by atoms with van der Waals surface area (Å²) in [5.74, 6) is -0.725. The van der Waals surface area contributed by atoms with Gasteiger partial charge in [-0.1, -0.05) is 19.1 Å². The number of carboxylic acid groups (broad SMARTS) is 1. The molecular weight excluding hydrogens is 400 g/mol. The number of thiazole rings is 1. The summed E-state index contributed by atoms with van der Waals surface area (Å²) < 4.78 is 0. The summed E-state index contributed by atoms with van der Waals surface area (Å²) in [4.78, 5) is 33.4. The summed E-state index contributed by atoms with van der Waals surface area (Å²) in [6, 6.07) is 7.69. The van der Waals surface area contributed by atoms with Crippen LogP contribution in [0.5, 0.6) is 0 Å². The topological polar surface area (TPSA) is 85.8 Å². The molecule has 7 nitrogen and oxygen atoms in total.